The van der Waals surface area contributed by atoms with Gasteiger partial charge in [-0.3, -0.25) is 0 Å². The monoisotopic (exact) mass is 409 g/mol. The highest BCUT2D eigenvalue weighted by Gasteiger charge is 2.14. The van der Waals surface area contributed by atoms with Crippen molar-refractivity contribution in [1.82, 2.24) is 4.72 Å². The van der Waals surface area contributed by atoms with Gasteiger partial charge in [0.2, 0.25) is 10.0 Å². The summed E-state index contributed by atoms with van der Waals surface area (Å²) in [5.41, 5.74) is 0.441. The minimum Gasteiger partial charge on any atom is -0.210 e. The summed E-state index contributed by atoms with van der Waals surface area (Å²) in [6.45, 7) is 0.256. The summed E-state index contributed by atoms with van der Waals surface area (Å²) in [5.74, 6) is 0.558. The molecule has 0 aromatic heterocycles. The van der Waals surface area contributed by atoms with Crippen molar-refractivity contribution in [3.8, 4) is 0 Å². The van der Waals surface area contributed by atoms with E-state index in [2.05, 4.69) is 4.72 Å². The third-order valence-corrected chi connectivity index (χ3v) is 6.68. The SMILES string of the molecule is O=S(=O)(NCCSCc1c(F)cccc1Cl)c1ccc2ccccc2c1. The smallest absolute Gasteiger partial charge is 0.210 e. The standard InChI is InChI=1S/C19H17ClFNO2S2/c20-18-6-3-7-19(21)17(18)13-25-11-10-22-26(23,24)16-9-8-14-4-1-2-5-15(14)12-16/h1-9,12,22H,10-11,13H2. The third kappa shape index (κ3) is 4.57. The average molecular weight is 410 g/mol. The number of hydrogen-bond acceptors (Lipinski definition) is 3. The van der Waals surface area contributed by atoms with Crippen molar-refractivity contribution in [3.63, 3.8) is 0 Å². The molecule has 0 aliphatic carbocycles. The molecule has 3 rings (SSSR count). The Morgan fingerprint density at radius 2 is 1.77 bits per heavy atom. The van der Waals surface area contributed by atoms with Crippen molar-refractivity contribution in [2.75, 3.05) is 12.3 Å². The predicted octanol–water partition coefficient (Wildman–Crippen LogP) is 4.84. The topological polar surface area (TPSA) is 46.2 Å². The van der Waals surface area contributed by atoms with E-state index < -0.39 is 10.0 Å². The summed E-state index contributed by atoms with van der Waals surface area (Å²) in [4.78, 5) is 0.235. The first kappa shape index (κ1) is 19.2. The van der Waals surface area contributed by atoms with Crippen LogP contribution >= 0.6 is 23.4 Å². The van der Waals surface area contributed by atoms with Crippen LogP contribution in [0.4, 0.5) is 4.39 Å². The third-order valence-electron chi connectivity index (χ3n) is 3.88. The van der Waals surface area contributed by atoms with Crippen molar-refractivity contribution in [2.24, 2.45) is 0 Å². The fraction of sp³-hybridized carbons (Fsp3) is 0.158. The highest BCUT2D eigenvalue weighted by molar-refractivity contribution is 7.98. The van der Waals surface area contributed by atoms with Gasteiger partial charge >= 0.3 is 0 Å². The molecule has 1 N–H and O–H groups in total. The highest BCUT2D eigenvalue weighted by atomic mass is 35.5. The number of thioether (sulfide) groups is 1. The number of benzene rings is 3. The predicted molar refractivity (Wildman–Crippen MR) is 107 cm³/mol. The van der Waals surface area contributed by atoms with Crippen molar-refractivity contribution in [3.05, 3.63) is 77.1 Å². The van der Waals surface area contributed by atoms with Gasteiger partial charge in [-0.25, -0.2) is 17.5 Å². The summed E-state index contributed by atoms with van der Waals surface area (Å²) < 4.78 is 41.1. The molecule has 26 heavy (non-hydrogen) atoms. The molecule has 0 saturated heterocycles. The lowest BCUT2D eigenvalue weighted by molar-refractivity contribution is 0.584. The highest BCUT2D eigenvalue weighted by Crippen LogP contribution is 2.24. The fourth-order valence-corrected chi connectivity index (χ4v) is 4.90. The van der Waals surface area contributed by atoms with Gasteiger partial charge in [-0.1, -0.05) is 48.0 Å². The molecule has 0 bridgehead atoms. The van der Waals surface area contributed by atoms with Crippen molar-refractivity contribution in [2.45, 2.75) is 10.6 Å². The first-order chi connectivity index (χ1) is 12.5. The molecule has 0 unspecified atom stereocenters. The first-order valence-electron chi connectivity index (χ1n) is 7.96. The quantitative estimate of drug-likeness (QED) is 0.568. The Labute approximate surface area is 161 Å². The van der Waals surface area contributed by atoms with Gasteiger partial charge in [0, 0.05) is 28.6 Å². The van der Waals surface area contributed by atoms with E-state index in [-0.39, 0.29) is 17.3 Å². The summed E-state index contributed by atoms with van der Waals surface area (Å²) in [7, 11) is -3.58. The molecule has 0 aliphatic heterocycles. The van der Waals surface area contributed by atoms with Gasteiger partial charge in [0.25, 0.3) is 0 Å². The summed E-state index contributed by atoms with van der Waals surface area (Å²) >= 11 is 7.40. The molecule has 0 heterocycles. The van der Waals surface area contributed by atoms with Crippen LogP contribution < -0.4 is 4.72 Å². The van der Waals surface area contributed by atoms with Crippen LogP contribution in [0.5, 0.6) is 0 Å². The molecule has 0 amide bonds. The Morgan fingerprint density at radius 3 is 2.54 bits per heavy atom. The van der Waals surface area contributed by atoms with Crippen LogP contribution in [-0.4, -0.2) is 20.7 Å². The summed E-state index contributed by atoms with van der Waals surface area (Å²) in [6, 6.07) is 17.2. The maximum Gasteiger partial charge on any atom is 0.240 e. The minimum absolute atomic E-state index is 0.235. The fourth-order valence-electron chi connectivity index (χ4n) is 2.51. The van der Waals surface area contributed by atoms with Crippen LogP contribution in [0.25, 0.3) is 10.8 Å². The van der Waals surface area contributed by atoms with E-state index in [9.17, 15) is 12.8 Å². The van der Waals surface area contributed by atoms with E-state index in [0.717, 1.165) is 10.8 Å². The number of fused-ring (bicyclic) bond motifs is 1. The van der Waals surface area contributed by atoms with Crippen molar-refractivity contribution < 1.29 is 12.8 Å². The zero-order valence-electron chi connectivity index (χ0n) is 13.8. The minimum atomic E-state index is -3.58. The first-order valence-corrected chi connectivity index (χ1v) is 11.0. The molecule has 0 aliphatic rings. The molecule has 0 atom stereocenters. The Morgan fingerprint density at radius 1 is 1.00 bits per heavy atom. The second-order valence-electron chi connectivity index (χ2n) is 5.66. The average Bonchev–Trinajstić information content (AvgIpc) is 2.63. The zero-order chi connectivity index (χ0) is 18.6. The van der Waals surface area contributed by atoms with E-state index in [4.69, 9.17) is 11.6 Å². The second kappa shape index (κ2) is 8.39. The maximum atomic E-state index is 13.7. The normalized spacial score (nSPS) is 11.8. The summed E-state index contributed by atoms with van der Waals surface area (Å²) in [5, 5.41) is 2.25. The van der Waals surface area contributed by atoms with Crippen LogP contribution in [-0.2, 0) is 15.8 Å². The second-order valence-corrected chi connectivity index (χ2v) is 8.94. The van der Waals surface area contributed by atoms with Crippen LogP contribution in [0, 0.1) is 5.82 Å². The molecule has 0 saturated carbocycles. The Balaban J connectivity index is 1.56. The van der Waals surface area contributed by atoms with Crippen LogP contribution in [0.1, 0.15) is 5.56 Å². The molecule has 0 spiro atoms. The summed E-state index contributed by atoms with van der Waals surface area (Å²) in [6.07, 6.45) is 0. The Kier molecular flexibility index (Phi) is 6.19. The number of sulfonamides is 1. The number of nitrogens with one attached hydrogen (secondary N) is 1. The molecule has 3 aromatic carbocycles. The van der Waals surface area contributed by atoms with Crippen molar-refractivity contribution >= 4 is 44.2 Å². The lowest BCUT2D eigenvalue weighted by atomic mass is 10.1. The molecule has 7 heteroatoms. The Bertz CT molecular complexity index is 1000. The van der Waals surface area contributed by atoms with Crippen LogP contribution in [0.2, 0.25) is 5.02 Å². The van der Waals surface area contributed by atoms with Gasteiger partial charge in [0.15, 0.2) is 0 Å². The van der Waals surface area contributed by atoms with Crippen LogP contribution in [0.15, 0.2) is 65.6 Å². The lowest BCUT2D eigenvalue weighted by Gasteiger charge is -2.09. The van der Waals surface area contributed by atoms with Crippen molar-refractivity contribution in [1.29, 1.82) is 0 Å². The van der Waals surface area contributed by atoms with E-state index in [1.165, 1.54) is 17.8 Å². The van der Waals surface area contributed by atoms with E-state index >= 15 is 0 Å². The maximum absolute atomic E-state index is 13.7. The van der Waals surface area contributed by atoms with Crippen LogP contribution in [0.3, 0.4) is 0 Å². The van der Waals surface area contributed by atoms with Gasteiger partial charge in [-0.2, -0.15) is 11.8 Å². The molecule has 136 valence electrons. The molecular weight excluding hydrogens is 393 g/mol. The zero-order valence-corrected chi connectivity index (χ0v) is 16.2. The van der Waals surface area contributed by atoms with Gasteiger partial charge in [-0.05, 0) is 35.0 Å². The van der Waals surface area contributed by atoms with Gasteiger partial charge in [0.1, 0.15) is 5.82 Å². The molecule has 0 radical (unpaired) electrons. The molecule has 3 nitrogen and oxygen atoms in total. The largest absolute Gasteiger partial charge is 0.240 e. The van der Waals surface area contributed by atoms with E-state index in [1.807, 2.05) is 24.3 Å². The number of halogens is 2. The molecule has 0 fully saturated rings. The number of hydrogen-bond donors (Lipinski definition) is 1. The van der Waals surface area contributed by atoms with Gasteiger partial charge in [0.05, 0.1) is 4.90 Å². The molecular formula is C19H17ClFNO2S2. The van der Waals surface area contributed by atoms with E-state index in [1.54, 1.807) is 30.3 Å². The Hall–Kier alpha value is -1.60. The number of rotatable bonds is 7. The lowest BCUT2D eigenvalue weighted by Crippen LogP contribution is -2.26. The van der Waals surface area contributed by atoms with Gasteiger partial charge in [-0.15, -0.1) is 0 Å². The van der Waals surface area contributed by atoms with Gasteiger partial charge < -0.3 is 0 Å². The van der Waals surface area contributed by atoms with E-state index in [0.29, 0.717) is 22.1 Å². The molecule has 3 aromatic rings.